The summed E-state index contributed by atoms with van der Waals surface area (Å²) in [7, 11) is 0. The largest absolute Gasteiger partial charge is 0.294 e. The van der Waals surface area contributed by atoms with Crippen LogP contribution in [0.25, 0.3) is 0 Å². The molecule has 0 radical (unpaired) electrons. The molecule has 1 nitrogen and oxygen atoms in total. The molecule has 0 N–H and O–H groups in total. The maximum atomic E-state index is 11.7. The average molecular weight is 188 g/mol. The minimum Gasteiger partial charge on any atom is -0.294 e. The predicted octanol–water partition coefficient (Wildman–Crippen LogP) is 3.45. The molecule has 0 heterocycles. The molecule has 0 saturated carbocycles. The predicted molar refractivity (Wildman–Crippen MR) is 59.7 cm³/mol. The standard InChI is InChI=1S/C13H16O/c1-4-5-6-13(14)12-8-10(2)7-11(3)9-12/h4,7-9H,1,5-6H2,2-3H3. The van der Waals surface area contributed by atoms with E-state index >= 15 is 0 Å². The number of ketones is 1. The average Bonchev–Trinajstić information content (AvgIpc) is 2.12. The van der Waals surface area contributed by atoms with Crippen molar-refractivity contribution in [3.63, 3.8) is 0 Å². The van der Waals surface area contributed by atoms with Crippen molar-refractivity contribution >= 4 is 5.78 Å². The molecule has 0 atom stereocenters. The van der Waals surface area contributed by atoms with E-state index in [1.165, 1.54) is 0 Å². The molecule has 0 aliphatic heterocycles. The highest BCUT2D eigenvalue weighted by atomic mass is 16.1. The Morgan fingerprint density at radius 3 is 2.36 bits per heavy atom. The van der Waals surface area contributed by atoms with E-state index in [0.717, 1.165) is 23.1 Å². The summed E-state index contributed by atoms with van der Waals surface area (Å²) >= 11 is 0. The summed E-state index contributed by atoms with van der Waals surface area (Å²) < 4.78 is 0. The monoisotopic (exact) mass is 188 g/mol. The molecular formula is C13H16O. The van der Waals surface area contributed by atoms with E-state index in [1.807, 2.05) is 26.0 Å². The van der Waals surface area contributed by atoms with Crippen molar-refractivity contribution in [1.29, 1.82) is 0 Å². The first-order valence-corrected chi connectivity index (χ1v) is 4.86. The fraction of sp³-hybridized carbons (Fsp3) is 0.308. The number of carbonyl (C=O) groups is 1. The first-order chi connectivity index (χ1) is 6.63. The Balaban J connectivity index is 2.84. The van der Waals surface area contributed by atoms with Gasteiger partial charge in [0.15, 0.2) is 5.78 Å². The van der Waals surface area contributed by atoms with E-state index in [-0.39, 0.29) is 5.78 Å². The van der Waals surface area contributed by atoms with E-state index in [2.05, 4.69) is 12.6 Å². The topological polar surface area (TPSA) is 17.1 Å². The van der Waals surface area contributed by atoms with Crippen molar-refractivity contribution < 1.29 is 4.79 Å². The Bertz CT molecular complexity index is 330. The molecule has 0 aromatic heterocycles. The molecule has 1 heteroatoms. The minimum atomic E-state index is 0.205. The Morgan fingerprint density at radius 2 is 1.86 bits per heavy atom. The normalized spacial score (nSPS) is 9.86. The Kier molecular flexibility index (Phi) is 3.63. The molecular weight excluding hydrogens is 172 g/mol. The first kappa shape index (κ1) is 10.7. The molecule has 74 valence electrons. The molecule has 0 unspecified atom stereocenters. The van der Waals surface area contributed by atoms with E-state index in [0.29, 0.717) is 6.42 Å². The number of rotatable bonds is 4. The summed E-state index contributed by atoms with van der Waals surface area (Å²) in [5.41, 5.74) is 3.11. The Morgan fingerprint density at radius 1 is 1.29 bits per heavy atom. The van der Waals surface area contributed by atoms with Crippen LogP contribution in [0, 0.1) is 13.8 Å². The summed E-state index contributed by atoms with van der Waals surface area (Å²) in [6, 6.07) is 5.96. The van der Waals surface area contributed by atoms with Gasteiger partial charge in [0.25, 0.3) is 0 Å². The number of Topliss-reactive ketones (excluding diaryl/α,β-unsaturated/α-hetero) is 1. The van der Waals surface area contributed by atoms with Gasteiger partial charge in [-0.15, -0.1) is 6.58 Å². The molecule has 0 bridgehead atoms. The van der Waals surface area contributed by atoms with E-state index in [9.17, 15) is 4.79 Å². The van der Waals surface area contributed by atoms with Crippen LogP contribution in [0.1, 0.15) is 34.3 Å². The number of carbonyl (C=O) groups excluding carboxylic acids is 1. The maximum absolute atomic E-state index is 11.7. The zero-order valence-electron chi connectivity index (χ0n) is 8.84. The van der Waals surface area contributed by atoms with Crippen LogP contribution in [0.3, 0.4) is 0 Å². The van der Waals surface area contributed by atoms with Gasteiger partial charge in [0.1, 0.15) is 0 Å². The molecule has 0 spiro atoms. The van der Waals surface area contributed by atoms with Gasteiger partial charge in [-0.2, -0.15) is 0 Å². The molecule has 0 saturated heterocycles. The fourth-order valence-electron chi connectivity index (χ4n) is 1.51. The third-order valence-electron chi connectivity index (χ3n) is 2.12. The van der Waals surface area contributed by atoms with Gasteiger partial charge in [0, 0.05) is 12.0 Å². The van der Waals surface area contributed by atoms with Crippen LogP contribution in [0.4, 0.5) is 0 Å². The van der Waals surface area contributed by atoms with Gasteiger partial charge < -0.3 is 0 Å². The summed E-state index contributed by atoms with van der Waals surface area (Å²) in [5, 5.41) is 0. The van der Waals surface area contributed by atoms with Gasteiger partial charge in [0.2, 0.25) is 0 Å². The summed E-state index contributed by atoms with van der Waals surface area (Å²) in [6.07, 6.45) is 3.10. The van der Waals surface area contributed by atoms with Crippen LogP contribution >= 0.6 is 0 Å². The van der Waals surface area contributed by atoms with Gasteiger partial charge >= 0.3 is 0 Å². The maximum Gasteiger partial charge on any atom is 0.163 e. The SMILES string of the molecule is C=CCCC(=O)c1cc(C)cc(C)c1. The third kappa shape index (κ3) is 2.84. The van der Waals surface area contributed by atoms with Crippen LogP contribution in [0.2, 0.25) is 0 Å². The summed E-state index contributed by atoms with van der Waals surface area (Å²) in [5.74, 6) is 0.205. The smallest absolute Gasteiger partial charge is 0.163 e. The summed E-state index contributed by atoms with van der Waals surface area (Å²) in [4.78, 5) is 11.7. The van der Waals surface area contributed by atoms with Gasteiger partial charge in [-0.1, -0.05) is 23.3 Å². The molecule has 0 fully saturated rings. The molecule has 0 aliphatic carbocycles. The molecule has 1 aromatic rings. The van der Waals surface area contributed by atoms with Crippen molar-refractivity contribution in [2.24, 2.45) is 0 Å². The first-order valence-electron chi connectivity index (χ1n) is 4.86. The molecule has 0 aliphatic rings. The van der Waals surface area contributed by atoms with Crippen molar-refractivity contribution in [1.82, 2.24) is 0 Å². The highest BCUT2D eigenvalue weighted by Crippen LogP contribution is 2.11. The second-order valence-corrected chi connectivity index (χ2v) is 3.63. The number of aryl methyl sites for hydroxylation is 2. The Labute approximate surface area is 85.5 Å². The van der Waals surface area contributed by atoms with Crippen molar-refractivity contribution in [3.8, 4) is 0 Å². The van der Waals surface area contributed by atoms with Crippen LogP contribution in [-0.2, 0) is 0 Å². The second kappa shape index (κ2) is 4.75. The van der Waals surface area contributed by atoms with Crippen LogP contribution in [0.15, 0.2) is 30.9 Å². The second-order valence-electron chi connectivity index (χ2n) is 3.63. The van der Waals surface area contributed by atoms with Gasteiger partial charge in [-0.25, -0.2) is 0 Å². The minimum absolute atomic E-state index is 0.205. The third-order valence-corrected chi connectivity index (χ3v) is 2.12. The lowest BCUT2D eigenvalue weighted by Crippen LogP contribution is -1.99. The van der Waals surface area contributed by atoms with Crippen LogP contribution < -0.4 is 0 Å². The number of allylic oxidation sites excluding steroid dienone is 1. The van der Waals surface area contributed by atoms with E-state index in [1.54, 1.807) is 6.08 Å². The lowest BCUT2D eigenvalue weighted by atomic mass is 10.0. The van der Waals surface area contributed by atoms with Crippen LogP contribution in [0.5, 0.6) is 0 Å². The fourth-order valence-corrected chi connectivity index (χ4v) is 1.51. The van der Waals surface area contributed by atoms with Gasteiger partial charge in [-0.05, 0) is 32.4 Å². The highest BCUT2D eigenvalue weighted by molar-refractivity contribution is 5.96. The van der Waals surface area contributed by atoms with E-state index < -0.39 is 0 Å². The molecule has 14 heavy (non-hydrogen) atoms. The lowest BCUT2D eigenvalue weighted by Gasteiger charge is -2.02. The van der Waals surface area contributed by atoms with Gasteiger partial charge in [-0.3, -0.25) is 4.79 Å². The Hall–Kier alpha value is -1.37. The van der Waals surface area contributed by atoms with Crippen molar-refractivity contribution in [3.05, 3.63) is 47.5 Å². The summed E-state index contributed by atoms with van der Waals surface area (Å²) in [6.45, 7) is 7.63. The zero-order chi connectivity index (χ0) is 10.6. The van der Waals surface area contributed by atoms with Crippen LogP contribution in [-0.4, -0.2) is 5.78 Å². The van der Waals surface area contributed by atoms with Gasteiger partial charge in [0.05, 0.1) is 0 Å². The molecule has 0 amide bonds. The number of hydrogen-bond acceptors (Lipinski definition) is 1. The molecule has 1 rings (SSSR count). The number of benzene rings is 1. The lowest BCUT2D eigenvalue weighted by molar-refractivity contribution is 0.0983. The van der Waals surface area contributed by atoms with Crippen molar-refractivity contribution in [2.45, 2.75) is 26.7 Å². The van der Waals surface area contributed by atoms with Crippen molar-refractivity contribution in [2.75, 3.05) is 0 Å². The molecule has 1 aromatic carbocycles. The highest BCUT2D eigenvalue weighted by Gasteiger charge is 2.05. The van der Waals surface area contributed by atoms with E-state index in [4.69, 9.17) is 0 Å². The quantitative estimate of drug-likeness (QED) is 0.522. The zero-order valence-corrected chi connectivity index (χ0v) is 8.84. The number of hydrogen-bond donors (Lipinski definition) is 0.